The smallest absolute Gasteiger partial charge is 0.304 e. The van der Waals surface area contributed by atoms with E-state index in [2.05, 4.69) is 5.32 Å². The minimum absolute atomic E-state index is 0.0855. The van der Waals surface area contributed by atoms with Crippen LogP contribution in [0.25, 0.3) is 0 Å². The van der Waals surface area contributed by atoms with E-state index in [-0.39, 0.29) is 18.5 Å². The topological polar surface area (TPSA) is 90.0 Å². The van der Waals surface area contributed by atoms with Crippen LogP contribution in [0.1, 0.15) is 55.7 Å². The number of rotatable bonds is 10. The van der Waals surface area contributed by atoms with Gasteiger partial charge in [-0.1, -0.05) is 55.1 Å². The second kappa shape index (κ2) is 13.0. The van der Waals surface area contributed by atoms with Crippen molar-refractivity contribution in [2.75, 3.05) is 24.9 Å². The van der Waals surface area contributed by atoms with E-state index in [4.69, 9.17) is 11.6 Å². The molecule has 1 aliphatic carbocycles. The Balaban J connectivity index is 1.95. The van der Waals surface area contributed by atoms with Gasteiger partial charge in [0.1, 0.15) is 12.6 Å². The van der Waals surface area contributed by atoms with Gasteiger partial charge in [0.25, 0.3) is 0 Å². The third kappa shape index (κ3) is 7.48. The lowest BCUT2D eigenvalue weighted by atomic mass is 9.95. The first-order valence-electron chi connectivity index (χ1n) is 13.0. The van der Waals surface area contributed by atoms with Gasteiger partial charge >= 0.3 is 10.2 Å². The standard InChI is InChI=1S/C28H39ClN4O4S/c1-20-14-15-21(2)26(16-20)33(38(36,37)31(4)5)19-27(34)32(18-23-10-9-11-24(29)17-23)22(3)28(35)30-25-12-7-6-8-13-25/h9-11,14-17,22,25H,6-8,12-13,18-19H2,1-5H3,(H,30,35)/t22-/m1/s1. The average Bonchev–Trinajstić information content (AvgIpc) is 2.87. The summed E-state index contributed by atoms with van der Waals surface area (Å²) in [6, 6.07) is 11.8. The third-order valence-electron chi connectivity index (χ3n) is 7.01. The fourth-order valence-electron chi connectivity index (χ4n) is 4.67. The Bertz CT molecular complexity index is 1250. The number of aryl methyl sites for hydroxylation is 2. The Labute approximate surface area is 232 Å². The van der Waals surface area contributed by atoms with Gasteiger partial charge in [-0.25, -0.2) is 4.31 Å². The molecular weight excluding hydrogens is 524 g/mol. The van der Waals surface area contributed by atoms with Gasteiger partial charge in [-0.3, -0.25) is 9.59 Å². The molecule has 0 heterocycles. The average molecular weight is 563 g/mol. The lowest BCUT2D eigenvalue weighted by molar-refractivity contribution is -0.139. The highest BCUT2D eigenvalue weighted by Crippen LogP contribution is 2.26. The van der Waals surface area contributed by atoms with E-state index in [9.17, 15) is 18.0 Å². The van der Waals surface area contributed by atoms with Crippen molar-refractivity contribution in [3.05, 3.63) is 64.2 Å². The van der Waals surface area contributed by atoms with Crippen LogP contribution in [0.3, 0.4) is 0 Å². The number of nitrogens with zero attached hydrogens (tertiary/aromatic N) is 3. The van der Waals surface area contributed by atoms with Crippen LogP contribution in [-0.2, 0) is 26.3 Å². The maximum atomic E-state index is 13.9. The first-order valence-corrected chi connectivity index (χ1v) is 14.8. The third-order valence-corrected chi connectivity index (χ3v) is 9.05. The Hall–Kier alpha value is -2.62. The quantitative estimate of drug-likeness (QED) is 0.464. The Morgan fingerprint density at radius 1 is 1.05 bits per heavy atom. The van der Waals surface area contributed by atoms with E-state index in [0.29, 0.717) is 10.7 Å². The van der Waals surface area contributed by atoms with Gasteiger partial charge in [-0.05, 0) is 68.5 Å². The van der Waals surface area contributed by atoms with Crippen molar-refractivity contribution in [2.24, 2.45) is 0 Å². The summed E-state index contributed by atoms with van der Waals surface area (Å²) >= 11 is 6.19. The summed E-state index contributed by atoms with van der Waals surface area (Å²) < 4.78 is 29.0. The number of benzene rings is 2. The number of hydrogen-bond acceptors (Lipinski definition) is 4. The lowest BCUT2D eigenvalue weighted by Crippen LogP contribution is -2.53. The molecule has 208 valence electrons. The predicted molar refractivity (Wildman–Crippen MR) is 152 cm³/mol. The highest BCUT2D eigenvalue weighted by atomic mass is 35.5. The SMILES string of the molecule is Cc1ccc(C)c(N(CC(=O)N(Cc2cccc(Cl)c2)[C@H](C)C(=O)NC2CCCCC2)S(=O)(=O)N(C)C)c1. The number of amides is 2. The summed E-state index contributed by atoms with van der Waals surface area (Å²) in [5, 5.41) is 3.62. The Kier molecular flexibility index (Phi) is 10.2. The summed E-state index contributed by atoms with van der Waals surface area (Å²) in [5.41, 5.74) is 2.76. The van der Waals surface area contributed by atoms with Crippen LogP contribution >= 0.6 is 11.6 Å². The number of nitrogens with one attached hydrogen (secondary N) is 1. The second-order valence-corrected chi connectivity index (χ2v) is 12.8. The molecule has 0 spiro atoms. The number of anilines is 1. The number of carbonyl (C=O) groups is 2. The fraction of sp³-hybridized carbons (Fsp3) is 0.500. The van der Waals surface area contributed by atoms with Crippen LogP contribution in [-0.4, -0.2) is 62.2 Å². The van der Waals surface area contributed by atoms with Crippen LogP contribution < -0.4 is 9.62 Å². The first-order chi connectivity index (χ1) is 17.9. The van der Waals surface area contributed by atoms with Gasteiger partial charge in [0, 0.05) is 31.7 Å². The van der Waals surface area contributed by atoms with Crippen LogP contribution in [0.15, 0.2) is 42.5 Å². The molecule has 2 aromatic carbocycles. The molecular formula is C28H39ClN4O4S. The van der Waals surface area contributed by atoms with E-state index in [1.54, 1.807) is 38.1 Å². The monoisotopic (exact) mass is 562 g/mol. The molecule has 2 aromatic rings. The Morgan fingerprint density at radius 2 is 1.74 bits per heavy atom. The molecule has 1 N–H and O–H groups in total. The van der Waals surface area contributed by atoms with Gasteiger partial charge in [-0.15, -0.1) is 0 Å². The van der Waals surface area contributed by atoms with Crippen molar-refractivity contribution >= 4 is 39.3 Å². The first kappa shape index (κ1) is 29.9. The molecule has 1 saturated carbocycles. The van der Waals surface area contributed by atoms with E-state index >= 15 is 0 Å². The van der Waals surface area contributed by atoms with Gasteiger partial charge in [-0.2, -0.15) is 12.7 Å². The van der Waals surface area contributed by atoms with E-state index < -0.39 is 28.7 Å². The zero-order valence-electron chi connectivity index (χ0n) is 22.9. The van der Waals surface area contributed by atoms with Crippen molar-refractivity contribution in [1.29, 1.82) is 0 Å². The summed E-state index contributed by atoms with van der Waals surface area (Å²) in [5.74, 6) is -0.733. The minimum atomic E-state index is -4.01. The van der Waals surface area contributed by atoms with Crippen LogP contribution in [0.2, 0.25) is 5.02 Å². The van der Waals surface area contributed by atoms with E-state index in [0.717, 1.165) is 57.4 Å². The van der Waals surface area contributed by atoms with Crippen molar-refractivity contribution in [2.45, 2.75) is 71.5 Å². The molecule has 0 aromatic heterocycles. The zero-order chi connectivity index (χ0) is 28.0. The zero-order valence-corrected chi connectivity index (χ0v) is 24.5. The maximum absolute atomic E-state index is 13.9. The van der Waals surface area contributed by atoms with Crippen LogP contribution in [0.5, 0.6) is 0 Å². The Morgan fingerprint density at radius 3 is 2.37 bits per heavy atom. The number of hydrogen-bond donors (Lipinski definition) is 1. The molecule has 0 bridgehead atoms. The van der Waals surface area contributed by atoms with Crippen molar-refractivity contribution in [3.63, 3.8) is 0 Å². The van der Waals surface area contributed by atoms with Gasteiger partial charge in [0.2, 0.25) is 11.8 Å². The van der Waals surface area contributed by atoms with Gasteiger partial charge in [0.15, 0.2) is 0 Å². The summed E-state index contributed by atoms with van der Waals surface area (Å²) in [6.45, 7) is 5.02. The van der Waals surface area contributed by atoms with Crippen molar-refractivity contribution in [1.82, 2.24) is 14.5 Å². The summed E-state index contributed by atoms with van der Waals surface area (Å²) in [6.07, 6.45) is 5.13. The van der Waals surface area contributed by atoms with Crippen molar-refractivity contribution < 1.29 is 18.0 Å². The molecule has 10 heteroatoms. The van der Waals surface area contributed by atoms with Crippen LogP contribution in [0, 0.1) is 13.8 Å². The lowest BCUT2D eigenvalue weighted by Gasteiger charge is -2.34. The van der Waals surface area contributed by atoms with Gasteiger partial charge < -0.3 is 10.2 Å². The number of carbonyl (C=O) groups excluding carboxylic acids is 2. The normalized spacial score (nSPS) is 15.2. The highest BCUT2D eigenvalue weighted by molar-refractivity contribution is 7.90. The molecule has 0 radical (unpaired) electrons. The molecule has 0 aliphatic heterocycles. The molecule has 1 atom stereocenters. The van der Waals surface area contributed by atoms with Gasteiger partial charge in [0.05, 0.1) is 5.69 Å². The maximum Gasteiger partial charge on any atom is 0.304 e. The summed E-state index contributed by atoms with van der Waals surface area (Å²) in [7, 11) is -1.15. The largest absolute Gasteiger partial charge is 0.352 e. The predicted octanol–water partition coefficient (Wildman–Crippen LogP) is 4.44. The van der Waals surface area contributed by atoms with E-state index in [1.807, 2.05) is 25.1 Å². The minimum Gasteiger partial charge on any atom is -0.352 e. The fourth-order valence-corrected chi connectivity index (χ4v) is 6.00. The molecule has 0 unspecified atom stereocenters. The molecule has 8 nitrogen and oxygen atoms in total. The molecule has 38 heavy (non-hydrogen) atoms. The second-order valence-electron chi connectivity index (χ2n) is 10.3. The van der Waals surface area contributed by atoms with E-state index in [1.165, 1.54) is 19.0 Å². The summed E-state index contributed by atoms with van der Waals surface area (Å²) in [4.78, 5) is 28.6. The molecule has 0 saturated heterocycles. The molecule has 1 aliphatic rings. The molecule has 1 fully saturated rings. The van der Waals surface area contributed by atoms with Crippen LogP contribution in [0.4, 0.5) is 5.69 Å². The number of halogens is 1. The van der Waals surface area contributed by atoms with Crippen molar-refractivity contribution in [3.8, 4) is 0 Å². The molecule has 2 amide bonds. The highest BCUT2D eigenvalue weighted by Gasteiger charge is 2.34. The molecule has 3 rings (SSSR count).